The van der Waals surface area contributed by atoms with E-state index in [0.29, 0.717) is 18.3 Å². The molecule has 0 saturated carbocycles. The van der Waals surface area contributed by atoms with Gasteiger partial charge in [-0.3, -0.25) is 9.69 Å². The molecule has 29 heavy (non-hydrogen) atoms. The van der Waals surface area contributed by atoms with E-state index in [1.54, 1.807) is 0 Å². The number of H-pyrrole nitrogens is 1. The lowest BCUT2D eigenvalue weighted by molar-refractivity contribution is -0.117. The van der Waals surface area contributed by atoms with Crippen LogP contribution >= 0.6 is 0 Å². The van der Waals surface area contributed by atoms with Crippen molar-refractivity contribution in [2.75, 3.05) is 25.0 Å². The first kappa shape index (κ1) is 19.2. The fraction of sp³-hybridized carbons (Fsp3) is 0.333. The van der Waals surface area contributed by atoms with E-state index in [0.717, 1.165) is 43.6 Å². The second kappa shape index (κ2) is 8.91. The highest BCUT2D eigenvalue weighted by Crippen LogP contribution is 2.22. The Balaban J connectivity index is 1.22. The monoisotopic (exact) mass is 394 g/mol. The zero-order chi connectivity index (χ0) is 20.1. The van der Waals surface area contributed by atoms with Crippen LogP contribution in [0.25, 0.3) is 11.4 Å². The van der Waals surface area contributed by atoms with Crippen molar-refractivity contribution in [3.63, 3.8) is 0 Å². The number of benzene rings is 2. The Morgan fingerprint density at radius 1 is 1.10 bits per heavy atom. The van der Waals surface area contributed by atoms with Gasteiger partial charge in [0.05, 0.1) is 6.54 Å². The maximum Gasteiger partial charge on any atom is 0.238 e. The molecule has 0 radical (unpaired) electrons. The number of hydrogen-bond acceptors (Lipinski definition) is 5. The summed E-state index contributed by atoms with van der Waals surface area (Å²) in [5.41, 5.74) is 2.75. The second-order valence-corrected chi connectivity index (χ2v) is 7.41. The van der Waals surface area contributed by atoms with Crippen molar-refractivity contribution in [2.45, 2.75) is 19.3 Å². The predicted octanol–water partition coefficient (Wildman–Crippen LogP) is 2.90. The Morgan fingerprint density at radius 2 is 1.83 bits per heavy atom. The molecule has 2 heterocycles. The quantitative estimate of drug-likeness (QED) is 0.671. The number of nitrogens with zero attached hydrogens (tertiary/aromatic N) is 4. The van der Waals surface area contributed by atoms with Crippen molar-refractivity contribution in [3.8, 4) is 11.4 Å². The smallest absolute Gasteiger partial charge is 0.238 e. The number of tetrazole rings is 1. The highest BCUT2D eigenvalue weighted by atomic mass is 19.1. The van der Waals surface area contributed by atoms with Gasteiger partial charge in [-0.05, 0) is 85.4 Å². The number of likely N-dealkylation sites (tertiary alicyclic amines) is 1. The molecule has 7 nitrogen and oxygen atoms in total. The van der Waals surface area contributed by atoms with Gasteiger partial charge in [0.25, 0.3) is 0 Å². The molecule has 0 atom stereocenters. The van der Waals surface area contributed by atoms with Gasteiger partial charge in [0.15, 0.2) is 0 Å². The van der Waals surface area contributed by atoms with Crippen LogP contribution in [0.2, 0.25) is 0 Å². The van der Waals surface area contributed by atoms with Crippen LogP contribution in [0.3, 0.4) is 0 Å². The van der Waals surface area contributed by atoms with E-state index in [9.17, 15) is 9.18 Å². The van der Waals surface area contributed by atoms with E-state index >= 15 is 0 Å². The Hall–Kier alpha value is -3.13. The van der Waals surface area contributed by atoms with Crippen LogP contribution in [0.5, 0.6) is 0 Å². The van der Waals surface area contributed by atoms with E-state index < -0.39 is 0 Å². The molecular weight excluding hydrogens is 371 g/mol. The topological polar surface area (TPSA) is 86.8 Å². The number of hydrogen-bond donors (Lipinski definition) is 2. The van der Waals surface area contributed by atoms with Crippen LogP contribution in [0.15, 0.2) is 48.5 Å². The normalized spacial score (nSPS) is 15.3. The van der Waals surface area contributed by atoms with Gasteiger partial charge < -0.3 is 5.32 Å². The minimum absolute atomic E-state index is 0.0192. The summed E-state index contributed by atoms with van der Waals surface area (Å²) in [6.45, 7) is 2.18. The number of halogens is 1. The Bertz CT molecular complexity index is 919. The summed E-state index contributed by atoms with van der Waals surface area (Å²) in [6.07, 6.45) is 3.06. The van der Waals surface area contributed by atoms with E-state index in [1.807, 2.05) is 36.4 Å². The Morgan fingerprint density at radius 3 is 2.48 bits per heavy atom. The number of carbonyl (C=O) groups is 1. The maximum absolute atomic E-state index is 13.0. The van der Waals surface area contributed by atoms with Crippen LogP contribution in [-0.2, 0) is 11.2 Å². The molecule has 2 aromatic carbocycles. The van der Waals surface area contributed by atoms with E-state index in [2.05, 4.69) is 30.8 Å². The highest BCUT2D eigenvalue weighted by Gasteiger charge is 2.21. The van der Waals surface area contributed by atoms with Crippen molar-refractivity contribution in [1.82, 2.24) is 25.5 Å². The molecule has 1 saturated heterocycles. The summed E-state index contributed by atoms with van der Waals surface area (Å²) in [4.78, 5) is 14.6. The number of rotatable bonds is 6. The van der Waals surface area contributed by atoms with Gasteiger partial charge in [-0.15, -0.1) is 10.2 Å². The zero-order valence-corrected chi connectivity index (χ0v) is 16.0. The number of anilines is 1. The van der Waals surface area contributed by atoms with Crippen LogP contribution in [-0.4, -0.2) is 51.1 Å². The molecular formula is C21H23FN6O. The molecule has 0 aliphatic carbocycles. The summed E-state index contributed by atoms with van der Waals surface area (Å²) in [6, 6.07) is 14.1. The molecule has 1 aliphatic rings. The first-order valence-corrected chi connectivity index (χ1v) is 9.76. The largest absolute Gasteiger partial charge is 0.325 e. The lowest BCUT2D eigenvalue weighted by Crippen LogP contribution is -2.39. The number of amides is 1. The molecule has 4 rings (SSSR count). The molecule has 150 valence electrons. The van der Waals surface area contributed by atoms with E-state index in [-0.39, 0.29) is 11.7 Å². The molecule has 3 aromatic rings. The average Bonchev–Trinajstić information content (AvgIpc) is 3.27. The molecule has 0 spiro atoms. The summed E-state index contributed by atoms with van der Waals surface area (Å²) < 4.78 is 13.0. The summed E-state index contributed by atoms with van der Waals surface area (Å²) in [5.74, 6) is 0.886. The number of aromatic amines is 1. The third kappa shape index (κ3) is 5.23. The average molecular weight is 394 g/mol. The Labute approximate surface area is 168 Å². The van der Waals surface area contributed by atoms with Crippen molar-refractivity contribution < 1.29 is 9.18 Å². The fourth-order valence-electron chi connectivity index (χ4n) is 3.69. The van der Waals surface area contributed by atoms with Gasteiger partial charge in [0, 0.05) is 11.3 Å². The van der Waals surface area contributed by atoms with E-state index in [1.165, 1.54) is 17.7 Å². The van der Waals surface area contributed by atoms with Gasteiger partial charge in [-0.25, -0.2) is 4.39 Å². The van der Waals surface area contributed by atoms with Gasteiger partial charge in [0.2, 0.25) is 11.7 Å². The molecule has 2 N–H and O–H groups in total. The van der Waals surface area contributed by atoms with Crippen LogP contribution in [0.4, 0.5) is 10.1 Å². The molecule has 1 aliphatic heterocycles. The molecule has 1 fully saturated rings. The third-order valence-electron chi connectivity index (χ3n) is 5.28. The minimum atomic E-state index is -0.195. The molecule has 0 bridgehead atoms. The zero-order valence-electron chi connectivity index (χ0n) is 16.0. The maximum atomic E-state index is 13.0. The second-order valence-electron chi connectivity index (χ2n) is 7.41. The van der Waals surface area contributed by atoms with Gasteiger partial charge >= 0.3 is 0 Å². The lowest BCUT2D eigenvalue weighted by atomic mass is 9.90. The van der Waals surface area contributed by atoms with Crippen LogP contribution in [0.1, 0.15) is 18.4 Å². The summed E-state index contributed by atoms with van der Waals surface area (Å²) in [7, 11) is 0. The molecule has 0 unspecified atom stereocenters. The summed E-state index contributed by atoms with van der Waals surface area (Å²) >= 11 is 0. The summed E-state index contributed by atoms with van der Waals surface area (Å²) in [5, 5.41) is 16.8. The van der Waals surface area contributed by atoms with Crippen molar-refractivity contribution >= 4 is 11.6 Å². The first-order valence-electron chi connectivity index (χ1n) is 9.76. The van der Waals surface area contributed by atoms with Gasteiger partial charge in [-0.1, -0.05) is 12.1 Å². The third-order valence-corrected chi connectivity index (χ3v) is 5.28. The SMILES string of the molecule is O=C(CN1CCC(Cc2ccc(F)cc2)CC1)Nc1ccc(-c2nn[nH]n2)cc1. The minimum Gasteiger partial charge on any atom is -0.325 e. The van der Waals surface area contributed by atoms with Gasteiger partial charge in [0.1, 0.15) is 5.82 Å². The van der Waals surface area contributed by atoms with E-state index in [4.69, 9.17) is 0 Å². The predicted molar refractivity (Wildman–Crippen MR) is 108 cm³/mol. The number of piperidine rings is 1. The number of nitrogens with one attached hydrogen (secondary N) is 2. The molecule has 1 aromatic heterocycles. The Kier molecular flexibility index (Phi) is 5.90. The van der Waals surface area contributed by atoms with Gasteiger partial charge in [-0.2, -0.15) is 5.21 Å². The van der Waals surface area contributed by atoms with Crippen molar-refractivity contribution in [1.29, 1.82) is 0 Å². The van der Waals surface area contributed by atoms with Crippen molar-refractivity contribution in [2.24, 2.45) is 5.92 Å². The highest BCUT2D eigenvalue weighted by molar-refractivity contribution is 5.92. The fourth-order valence-corrected chi connectivity index (χ4v) is 3.69. The standard InChI is InChI=1S/C21H23FN6O/c22-18-5-1-15(2-6-18)13-16-9-11-28(12-10-16)14-20(29)23-19-7-3-17(4-8-19)21-24-26-27-25-21/h1-8,16H,9-14H2,(H,23,29)(H,24,25,26,27). The van der Waals surface area contributed by atoms with Crippen LogP contribution < -0.4 is 5.32 Å². The molecule has 1 amide bonds. The van der Waals surface area contributed by atoms with Crippen molar-refractivity contribution in [3.05, 3.63) is 59.9 Å². The molecule has 8 heteroatoms. The first-order chi connectivity index (χ1) is 14.2. The van der Waals surface area contributed by atoms with Crippen LogP contribution in [0, 0.1) is 11.7 Å². The number of carbonyl (C=O) groups excluding carboxylic acids is 1. The lowest BCUT2D eigenvalue weighted by Gasteiger charge is -2.31. The number of aromatic nitrogens is 4.